The molecule has 0 unspecified atom stereocenters. The van der Waals surface area contributed by atoms with Crippen LogP contribution in [0.15, 0.2) is 60.8 Å². The molecule has 0 bridgehead atoms. The molecule has 0 radical (unpaired) electrons. The summed E-state index contributed by atoms with van der Waals surface area (Å²) in [6, 6.07) is 15.8. The second-order valence-electron chi connectivity index (χ2n) is 6.30. The Morgan fingerprint density at radius 3 is 2.38 bits per heavy atom. The predicted octanol–water partition coefficient (Wildman–Crippen LogP) is 3.77. The van der Waals surface area contributed by atoms with Gasteiger partial charge in [0.2, 0.25) is 0 Å². The first-order valence-electron chi connectivity index (χ1n) is 8.96. The molecule has 26 heavy (non-hydrogen) atoms. The molecule has 1 N–H and O–H groups in total. The Morgan fingerprint density at radius 1 is 1.04 bits per heavy atom. The molecule has 4 rings (SSSR count). The van der Waals surface area contributed by atoms with E-state index in [-0.39, 0.29) is 11.7 Å². The number of carbonyl (C=O) groups is 1. The van der Waals surface area contributed by atoms with E-state index in [4.69, 9.17) is 0 Å². The van der Waals surface area contributed by atoms with Gasteiger partial charge < -0.3 is 14.8 Å². The highest BCUT2D eigenvalue weighted by atomic mass is 19.1. The lowest BCUT2D eigenvalue weighted by Gasteiger charge is -2.34. The average molecular weight is 353 g/mol. The van der Waals surface area contributed by atoms with Crippen LogP contribution >= 0.6 is 0 Å². The number of aromatic amines is 1. The summed E-state index contributed by atoms with van der Waals surface area (Å²) in [7, 11) is 0. The molecule has 0 saturated carbocycles. The van der Waals surface area contributed by atoms with Crippen molar-refractivity contribution >= 4 is 16.8 Å². The molecular weight excluding hydrogens is 329 g/mol. The number of hydrogen-bond donors (Lipinski definition) is 1. The first-order valence-corrected chi connectivity index (χ1v) is 8.96. The Morgan fingerprint density at radius 2 is 1.77 bits per heavy atom. The van der Waals surface area contributed by atoms with Crippen molar-refractivity contribution in [3.8, 4) is 0 Å². The third kappa shape index (κ3) is 4.49. The summed E-state index contributed by atoms with van der Waals surface area (Å²) in [4.78, 5) is 19.9. The fourth-order valence-electron chi connectivity index (χ4n) is 3.05. The van der Waals surface area contributed by atoms with Crippen molar-refractivity contribution in [2.75, 3.05) is 32.7 Å². The number of nitrogens with one attached hydrogen (secondary N) is 1. The summed E-state index contributed by atoms with van der Waals surface area (Å²) >= 11 is 0. The second-order valence-corrected chi connectivity index (χ2v) is 6.30. The van der Waals surface area contributed by atoms with Crippen LogP contribution in [0, 0.1) is 5.82 Å². The monoisotopic (exact) mass is 353 g/mol. The maximum absolute atomic E-state index is 12.5. The lowest BCUT2D eigenvalue weighted by atomic mass is 10.1. The number of aromatic nitrogens is 1. The van der Waals surface area contributed by atoms with E-state index in [2.05, 4.69) is 16.8 Å². The van der Waals surface area contributed by atoms with Crippen molar-refractivity contribution in [2.45, 2.75) is 6.92 Å². The predicted molar refractivity (Wildman–Crippen MR) is 103 cm³/mol. The Hall–Kier alpha value is -2.66. The summed E-state index contributed by atoms with van der Waals surface area (Å²) < 4.78 is 11.9. The molecule has 2 aromatic carbocycles. The third-order valence-electron chi connectivity index (χ3n) is 4.64. The van der Waals surface area contributed by atoms with E-state index in [0.717, 1.165) is 49.2 Å². The largest absolute Gasteiger partial charge is 0.361 e. The van der Waals surface area contributed by atoms with Crippen molar-refractivity contribution in [1.82, 2.24) is 14.8 Å². The van der Waals surface area contributed by atoms with E-state index in [9.17, 15) is 9.18 Å². The van der Waals surface area contributed by atoms with Gasteiger partial charge in [-0.25, -0.2) is 4.39 Å². The molecule has 1 fully saturated rings. The van der Waals surface area contributed by atoms with E-state index < -0.39 is 0 Å². The molecule has 1 aromatic heterocycles. The van der Waals surface area contributed by atoms with Gasteiger partial charge in [-0.1, -0.05) is 25.1 Å². The van der Waals surface area contributed by atoms with Crippen LogP contribution < -0.4 is 0 Å². The summed E-state index contributed by atoms with van der Waals surface area (Å²) in [5, 5.41) is 1.10. The normalized spacial score (nSPS) is 14.8. The highest BCUT2D eigenvalue weighted by Crippen LogP contribution is 2.16. The van der Waals surface area contributed by atoms with Gasteiger partial charge in [0.05, 0.1) is 0 Å². The summed E-state index contributed by atoms with van der Waals surface area (Å²) in [5.41, 5.74) is 1.87. The number of nitrogens with zero attached hydrogens (tertiary/aromatic N) is 2. The molecule has 1 aliphatic heterocycles. The topological polar surface area (TPSA) is 39.3 Å². The number of likely N-dealkylation sites (N-methyl/N-ethyl adjacent to an activating group) is 1. The maximum Gasteiger partial charge on any atom is 0.253 e. The maximum atomic E-state index is 12.5. The number of piperazine rings is 1. The van der Waals surface area contributed by atoms with Crippen molar-refractivity contribution in [3.05, 3.63) is 72.2 Å². The number of amides is 1. The van der Waals surface area contributed by atoms with Crippen LogP contribution in [0.1, 0.15) is 17.3 Å². The molecule has 3 aromatic rings. The summed E-state index contributed by atoms with van der Waals surface area (Å²) in [6.07, 6.45) is 1.90. The van der Waals surface area contributed by atoms with Gasteiger partial charge in [0.1, 0.15) is 5.82 Å². The van der Waals surface area contributed by atoms with Crippen LogP contribution in [0.3, 0.4) is 0 Å². The van der Waals surface area contributed by atoms with Crippen LogP contribution in [0.4, 0.5) is 4.39 Å². The molecule has 4 nitrogen and oxygen atoms in total. The minimum absolute atomic E-state index is 0.152. The van der Waals surface area contributed by atoms with Gasteiger partial charge in [0.15, 0.2) is 0 Å². The number of fused-ring (bicyclic) bond motifs is 1. The number of H-pyrrole nitrogens is 1. The van der Waals surface area contributed by atoms with E-state index in [0.29, 0.717) is 0 Å². The van der Waals surface area contributed by atoms with Crippen LogP contribution in [0.2, 0.25) is 0 Å². The van der Waals surface area contributed by atoms with Crippen LogP contribution in [0.5, 0.6) is 0 Å². The minimum atomic E-state index is -0.178. The number of carbonyl (C=O) groups excluding carboxylic acids is 1. The molecule has 1 aliphatic rings. The van der Waals surface area contributed by atoms with Crippen LogP contribution in [0.25, 0.3) is 10.9 Å². The molecule has 1 amide bonds. The Bertz CT molecular complexity index is 839. The van der Waals surface area contributed by atoms with Crippen LogP contribution in [-0.2, 0) is 0 Å². The quantitative estimate of drug-likeness (QED) is 0.762. The number of hydrogen-bond acceptors (Lipinski definition) is 2. The highest BCUT2D eigenvalue weighted by Gasteiger charge is 2.21. The standard InChI is InChI=1S/C15H19N3O.C6H5F/c1-2-17-7-9-18(10-8-17)15(19)13-3-4-14-12(11-13)5-6-16-14;7-6-4-2-1-3-5-6/h3-6,11,16H,2,7-10H2,1H3;1-5H. The van der Waals surface area contributed by atoms with E-state index in [1.807, 2.05) is 35.4 Å². The average Bonchev–Trinajstić information content (AvgIpc) is 3.16. The zero-order valence-corrected chi connectivity index (χ0v) is 15.0. The van der Waals surface area contributed by atoms with Crippen LogP contribution in [-0.4, -0.2) is 53.4 Å². The summed E-state index contributed by atoms with van der Waals surface area (Å²) in [5.74, 6) is -0.0265. The fraction of sp³-hybridized carbons (Fsp3) is 0.286. The second kappa shape index (κ2) is 8.63. The number of benzene rings is 2. The highest BCUT2D eigenvalue weighted by molar-refractivity contribution is 5.98. The Labute approximate surface area is 153 Å². The zero-order valence-electron chi connectivity index (χ0n) is 15.0. The lowest BCUT2D eigenvalue weighted by molar-refractivity contribution is 0.0643. The zero-order chi connectivity index (χ0) is 18.4. The SMILES string of the molecule is CCN1CCN(C(=O)c2ccc3[nH]ccc3c2)CC1.Fc1ccccc1. The molecule has 0 spiro atoms. The fourth-order valence-corrected chi connectivity index (χ4v) is 3.05. The van der Waals surface area contributed by atoms with E-state index >= 15 is 0 Å². The van der Waals surface area contributed by atoms with Crippen molar-refractivity contribution in [2.24, 2.45) is 0 Å². The molecule has 136 valence electrons. The molecule has 0 atom stereocenters. The van der Waals surface area contributed by atoms with Crippen molar-refractivity contribution in [1.29, 1.82) is 0 Å². The summed E-state index contributed by atoms with van der Waals surface area (Å²) in [6.45, 7) is 6.85. The Kier molecular flexibility index (Phi) is 6.02. The molecule has 1 saturated heterocycles. The number of rotatable bonds is 2. The first-order chi connectivity index (χ1) is 12.7. The van der Waals surface area contributed by atoms with Gasteiger partial charge in [-0.15, -0.1) is 0 Å². The molecular formula is C21H24FN3O. The molecule has 5 heteroatoms. The van der Waals surface area contributed by atoms with Gasteiger partial charge in [0, 0.05) is 48.8 Å². The van der Waals surface area contributed by atoms with Crippen molar-refractivity contribution in [3.63, 3.8) is 0 Å². The van der Waals surface area contributed by atoms with Gasteiger partial charge >= 0.3 is 0 Å². The third-order valence-corrected chi connectivity index (χ3v) is 4.64. The smallest absolute Gasteiger partial charge is 0.253 e. The van der Waals surface area contributed by atoms with E-state index in [1.165, 1.54) is 12.1 Å². The number of halogens is 1. The molecule has 0 aliphatic carbocycles. The Balaban J connectivity index is 0.000000236. The van der Waals surface area contributed by atoms with Gasteiger partial charge in [-0.3, -0.25) is 4.79 Å². The van der Waals surface area contributed by atoms with E-state index in [1.54, 1.807) is 18.2 Å². The van der Waals surface area contributed by atoms with Gasteiger partial charge in [-0.2, -0.15) is 0 Å². The van der Waals surface area contributed by atoms with Gasteiger partial charge in [-0.05, 0) is 42.9 Å². The molecule has 2 heterocycles. The lowest BCUT2D eigenvalue weighted by Crippen LogP contribution is -2.48. The first kappa shape index (κ1) is 18.1. The minimum Gasteiger partial charge on any atom is -0.361 e. The van der Waals surface area contributed by atoms with Gasteiger partial charge in [0.25, 0.3) is 5.91 Å². The van der Waals surface area contributed by atoms with Crippen molar-refractivity contribution < 1.29 is 9.18 Å².